The Morgan fingerprint density at radius 3 is 2.65 bits per heavy atom. The molecule has 4 rings (SSSR count). The van der Waals surface area contributed by atoms with Crippen LogP contribution in [0.3, 0.4) is 0 Å². The summed E-state index contributed by atoms with van der Waals surface area (Å²) in [7, 11) is 1.78. The van der Waals surface area contributed by atoms with E-state index in [1.54, 1.807) is 19.4 Å². The van der Waals surface area contributed by atoms with E-state index in [-0.39, 0.29) is 11.8 Å². The third-order valence-corrected chi connectivity index (χ3v) is 5.39. The molecule has 26 heavy (non-hydrogen) atoms. The van der Waals surface area contributed by atoms with Crippen molar-refractivity contribution in [1.29, 1.82) is 0 Å². The van der Waals surface area contributed by atoms with E-state index in [0.717, 1.165) is 18.2 Å². The van der Waals surface area contributed by atoms with Crippen molar-refractivity contribution in [1.82, 2.24) is 30.0 Å². The van der Waals surface area contributed by atoms with E-state index in [0.29, 0.717) is 35.8 Å². The minimum atomic E-state index is -0.0584. The van der Waals surface area contributed by atoms with Crippen molar-refractivity contribution in [3.8, 4) is 0 Å². The molecule has 2 aromatic rings. The molecule has 0 radical (unpaired) electrons. The highest BCUT2D eigenvalue weighted by Crippen LogP contribution is 2.47. The quantitative estimate of drug-likeness (QED) is 0.851. The summed E-state index contributed by atoms with van der Waals surface area (Å²) in [5.41, 5.74) is 0.389. The molecule has 8 heteroatoms. The van der Waals surface area contributed by atoms with Gasteiger partial charge in [0.2, 0.25) is 0 Å². The smallest absolute Gasteiger partial charge is 0.274 e. The molecule has 0 aromatic carbocycles. The number of hydrogen-bond donors (Lipinski definition) is 2. The maximum atomic E-state index is 12.9. The van der Waals surface area contributed by atoms with Crippen molar-refractivity contribution in [2.75, 3.05) is 25.5 Å². The van der Waals surface area contributed by atoms with Gasteiger partial charge in [0.25, 0.3) is 5.91 Å². The average Bonchev–Trinajstić information content (AvgIpc) is 3.21. The molecule has 1 saturated carbocycles. The number of hydrogen-bond acceptors (Lipinski definition) is 6. The van der Waals surface area contributed by atoms with Crippen LogP contribution in [0.4, 0.5) is 5.82 Å². The number of H-pyrrole nitrogens is 1. The van der Waals surface area contributed by atoms with Crippen LogP contribution in [-0.2, 0) is 0 Å². The zero-order valence-corrected chi connectivity index (χ0v) is 15.4. The average molecular weight is 355 g/mol. The second-order valence-electron chi connectivity index (χ2n) is 7.59. The normalized spacial score (nSPS) is 22.8. The summed E-state index contributed by atoms with van der Waals surface area (Å²) in [4.78, 5) is 27.9. The van der Waals surface area contributed by atoms with Crippen LogP contribution in [0.15, 0.2) is 12.4 Å². The standard InChI is InChI=1S/C18H25N7O/c1-10(2)16-22-17(24-23-16)13-9-25(8-12(13)11-4-5-11)18(26)14-6-21-15(19-3)7-20-14/h6-7,10-13H,4-5,8-9H2,1-3H3,(H,19,21)(H,22,23,24)/t12-,13+/m1/s1. The van der Waals surface area contributed by atoms with Gasteiger partial charge in [-0.1, -0.05) is 13.8 Å². The van der Waals surface area contributed by atoms with Gasteiger partial charge in [0.05, 0.1) is 12.4 Å². The zero-order chi connectivity index (χ0) is 18.3. The van der Waals surface area contributed by atoms with Crippen molar-refractivity contribution in [3.63, 3.8) is 0 Å². The molecule has 2 aliphatic rings. The Morgan fingerprint density at radius 1 is 1.27 bits per heavy atom. The van der Waals surface area contributed by atoms with Gasteiger partial charge in [-0.2, -0.15) is 5.10 Å². The van der Waals surface area contributed by atoms with E-state index in [1.165, 1.54) is 12.8 Å². The number of likely N-dealkylation sites (tertiary alicyclic amines) is 1. The van der Waals surface area contributed by atoms with E-state index in [1.807, 2.05) is 4.90 Å². The van der Waals surface area contributed by atoms with E-state index >= 15 is 0 Å². The van der Waals surface area contributed by atoms with Gasteiger partial charge in [0.1, 0.15) is 17.3 Å². The molecule has 2 N–H and O–H groups in total. The number of aromatic nitrogens is 5. The van der Waals surface area contributed by atoms with Crippen LogP contribution < -0.4 is 5.32 Å². The number of aromatic amines is 1. The summed E-state index contributed by atoms with van der Waals surface area (Å²) >= 11 is 0. The molecule has 1 saturated heterocycles. The Hall–Kier alpha value is -2.51. The molecule has 138 valence electrons. The lowest BCUT2D eigenvalue weighted by atomic mass is 9.91. The molecule has 1 aliphatic heterocycles. The molecule has 3 heterocycles. The predicted molar refractivity (Wildman–Crippen MR) is 96.9 cm³/mol. The Bertz CT molecular complexity index is 781. The Morgan fingerprint density at radius 2 is 2.08 bits per heavy atom. The Balaban J connectivity index is 1.54. The summed E-state index contributed by atoms with van der Waals surface area (Å²) in [5.74, 6) is 3.98. The van der Waals surface area contributed by atoms with E-state index in [4.69, 9.17) is 4.98 Å². The first kappa shape index (κ1) is 16.9. The summed E-state index contributed by atoms with van der Waals surface area (Å²) in [6.45, 7) is 5.58. The zero-order valence-electron chi connectivity index (χ0n) is 15.4. The number of carbonyl (C=O) groups is 1. The highest BCUT2D eigenvalue weighted by molar-refractivity contribution is 5.92. The SMILES string of the molecule is CNc1cnc(C(=O)N2C[C@H](c3nc(C(C)C)n[nH]3)[C@@H](C3CC3)C2)cn1. The number of nitrogens with one attached hydrogen (secondary N) is 2. The highest BCUT2D eigenvalue weighted by atomic mass is 16.2. The molecular formula is C18H25N7O. The largest absolute Gasteiger partial charge is 0.372 e. The maximum Gasteiger partial charge on any atom is 0.274 e. The van der Waals surface area contributed by atoms with Gasteiger partial charge in [-0.05, 0) is 24.7 Å². The van der Waals surface area contributed by atoms with Crippen molar-refractivity contribution in [2.24, 2.45) is 11.8 Å². The third kappa shape index (κ3) is 3.15. The minimum absolute atomic E-state index is 0.0584. The van der Waals surface area contributed by atoms with Crippen LogP contribution in [0.25, 0.3) is 0 Å². The van der Waals surface area contributed by atoms with Gasteiger partial charge in [0.15, 0.2) is 5.82 Å². The van der Waals surface area contributed by atoms with Gasteiger partial charge >= 0.3 is 0 Å². The van der Waals surface area contributed by atoms with Crippen LogP contribution in [0.2, 0.25) is 0 Å². The number of anilines is 1. The minimum Gasteiger partial charge on any atom is -0.372 e. The maximum absolute atomic E-state index is 12.9. The summed E-state index contributed by atoms with van der Waals surface area (Å²) < 4.78 is 0. The lowest BCUT2D eigenvalue weighted by Crippen LogP contribution is -2.30. The van der Waals surface area contributed by atoms with Gasteiger partial charge in [0, 0.05) is 32.0 Å². The first-order valence-electron chi connectivity index (χ1n) is 9.28. The first-order valence-corrected chi connectivity index (χ1v) is 9.28. The van der Waals surface area contributed by atoms with E-state index < -0.39 is 0 Å². The predicted octanol–water partition coefficient (Wildman–Crippen LogP) is 2.03. The van der Waals surface area contributed by atoms with Gasteiger partial charge < -0.3 is 10.2 Å². The van der Waals surface area contributed by atoms with Crippen LogP contribution in [0.5, 0.6) is 0 Å². The second kappa shape index (κ2) is 6.66. The first-order chi connectivity index (χ1) is 12.6. The molecular weight excluding hydrogens is 330 g/mol. The fourth-order valence-corrected chi connectivity index (χ4v) is 3.73. The molecule has 0 spiro atoms. The summed E-state index contributed by atoms with van der Waals surface area (Å²) in [5, 5.41) is 10.4. The van der Waals surface area contributed by atoms with Gasteiger partial charge in [-0.3, -0.25) is 9.89 Å². The summed E-state index contributed by atoms with van der Waals surface area (Å²) in [6, 6.07) is 0. The third-order valence-electron chi connectivity index (χ3n) is 5.39. The monoisotopic (exact) mass is 355 g/mol. The molecule has 0 bridgehead atoms. The molecule has 0 unspecified atom stereocenters. The van der Waals surface area contributed by atoms with Gasteiger partial charge in [-0.15, -0.1) is 0 Å². The number of amides is 1. The second-order valence-corrected chi connectivity index (χ2v) is 7.59. The molecule has 8 nitrogen and oxygen atoms in total. The molecule has 1 aliphatic carbocycles. The van der Waals surface area contributed by atoms with E-state index in [2.05, 4.69) is 39.3 Å². The van der Waals surface area contributed by atoms with Crippen molar-refractivity contribution >= 4 is 11.7 Å². The van der Waals surface area contributed by atoms with Crippen molar-refractivity contribution in [3.05, 3.63) is 29.7 Å². The fraction of sp³-hybridized carbons (Fsp3) is 0.611. The number of carbonyl (C=O) groups excluding carboxylic acids is 1. The van der Waals surface area contributed by atoms with Crippen molar-refractivity contribution < 1.29 is 4.79 Å². The molecule has 2 aromatic heterocycles. The number of nitrogens with zero attached hydrogens (tertiary/aromatic N) is 5. The highest BCUT2D eigenvalue weighted by Gasteiger charge is 2.46. The lowest BCUT2D eigenvalue weighted by Gasteiger charge is -2.15. The lowest BCUT2D eigenvalue weighted by molar-refractivity contribution is 0.0778. The fourth-order valence-electron chi connectivity index (χ4n) is 3.73. The van der Waals surface area contributed by atoms with Crippen LogP contribution >= 0.6 is 0 Å². The van der Waals surface area contributed by atoms with Crippen LogP contribution in [0.1, 0.15) is 60.7 Å². The molecule has 2 atom stereocenters. The number of rotatable bonds is 5. The van der Waals surface area contributed by atoms with Crippen LogP contribution in [-0.4, -0.2) is 56.1 Å². The Labute approximate surface area is 152 Å². The summed E-state index contributed by atoms with van der Waals surface area (Å²) in [6.07, 6.45) is 5.61. The Kier molecular flexibility index (Phi) is 4.34. The topological polar surface area (TPSA) is 99.7 Å². The molecule has 2 fully saturated rings. The van der Waals surface area contributed by atoms with E-state index in [9.17, 15) is 4.79 Å². The van der Waals surface area contributed by atoms with Crippen LogP contribution in [0, 0.1) is 11.8 Å². The molecule has 1 amide bonds. The van der Waals surface area contributed by atoms with Crippen molar-refractivity contribution in [2.45, 2.75) is 38.5 Å². The van der Waals surface area contributed by atoms with Gasteiger partial charge in [-0.25, -0.2) is 15.0 Å².